The summed E-state index contributed by atoms with van der Waals surface area (Å²) in [5, 5.41) is 10.2. The van der Waals surface area contributed by atoms with Crippen molar-refractivity contribution >= 4 is 11.6 Å². The lowest BCUT2D eigenvalue weighted by molar-refractivity contribution is -0.0222. The number of hydrogen-bond acceptors (Lipinski definition) is 3. The van der Waals surface area contributed by atoms with Crippen LogP contribution in [-0.4, -0.2) is 14.2 Å². The second-order valence-electron chi connectivity index (χ2n) is 7.44. The quantitative estimate of drug-likeness (QED) is 0.437. The van der Waals surface area contributed by atoms with Crippen LogP contribution in [0.25, 0.3) is 0 Å². The molecule has 0 saturated heterocycles. The third-order valence-corrected chi connectivity index (χ3v) is 5.42. The SMILES string of the molecule is O=c1cc(O)n(CCC(F)(F)c2ccc(Cl)cc2)c(=O)n1CCC(F)(F)c1cccc(F)c1F. The number of aromatic nitrogens is 2. The molecule has 3 rings (SSSR count). The Labute approximate surface area is 193 Å². The van der Waals surface area contributed by atoms with Crippen molar-refractivity contribution in [2.24, 2.45) is 0 Å². The molecular formula is C22H17ClF6N2O3. The molecule has 0 unspecified atom stereocenters. The Hall–Kier alpha value is -3.21. The molecule has 1 N–H and O–H groups in total. The van der Waals surface area contributed by atoms with E-state index in [4.69, 9.17) is 11.6 Å². The van der Waals surface area contributed by atoms with Crippen LogP contribution in [0.3, 0.4) is 0 Å². The predicted molar refractivity (Wildman–Crippen MR) is 111 cm³/mol. The van der Waals surface area contributed by atoms with Gasteiger partial charge in [0.15, 0.2) is 11.6 Å². The number of hydrogen-bond donors (Lipinski definition) is 1. The lowest BCUT2D eigenvalue weighted by Crippen LogP contribution is -2.40. The molecule has 0 radical (unpaired) electrons. The number of benzene rings is 2. The van der Waals surface area contributed by atoms with Crippen LogP contribution >= 0.6 is 11.6 Å². The molecule has 182 valence electrons. The highest BCUT2D eigenvalue weighted by molar-refractivity contribution is 6.30. The largest absolute Gasteiger partial charge is 0.494 e. The average Bonchev–Trinajstić information content (AvgIpc) is 2.75. The predicted octanol–water partition coefficient (Wildman–Crippen LogP) is 5.01. The average molecular weight is 507 g/mol. The maximum absolute atomic E-state index is 14.5. The number of nitrogens with zero attached hydrogens (tertiary/aromatic N) is 2. The van der Waals surface area contributed by atoms with Gasteiger partial charge in [0.1, 0.15) is 0 Å². The molecule has 0 fully saturated rings. The Bertz CT molecular complexity index is 1310. The second-order valence-corrected chi connectivity index (χ2v) is 7.88. The van der Waals surface area contributed by atoms with Gasteiger partial charge in [0.05, 0.1) is 11.6 Å². The molecule has 0 bridgehead atoms. The van der Waals surface area contributed by atoms with E-state index in [0.717, 1.165) is 18.2 Å². The van der Waals surface area contributed by atoms with Gasteiger partial charge in [0.25, 0.3) is 17.4 Å². The Morgan fingerprint density at radius 1 is 0.853 bits per heavy atom. The Morgan fingerprint density at radius 2 is 1.44 bits per heavy atom. The summed E-state index contributed by atoms with van der Waals surface area (Å²) < 4.78 is 85.7. The standard InChI is InChI=1S/C22H17ClF6N2O3/c23-14-6-4-13(5-7-14)21(26,27)8-10-30-17(32)12-18(33)31(20(30)34)11-9-22(28,29)15-2-1-3-16(24)19(15)25/h1-7,12,32H,8-11H2. The van der Waals surface area contributed by atoms with Gasteiger partial charge in [-0.15, -0.1) is 0 Å². The molecule has 0 aliphatic heterocycles. The van der Waals surface area contributed by atoms with Crippen molar-refractivity contribution in [3.63, 3.8) is 0 Å². The van der Waals surface area contributed by atoms with Crippen molar-refractivity contribution in [1.29, 1.82) is 0 Å². The first-order valence-corrected chi connectivity index (χ1v) is 10.2. The molecule has 0 aliphatic rings. The fourth-order valence-corrected chi connectivity index (χ4v) is 3.41. The minimum atomic E-state index is -3.96. The Balaban J connectivity index is 1.84. The maximum Gasteiger partial charge on any atom is 0.333 e. The summed E-state index contributed by atoms with van der Waals surface area (Å²) in [5.41, 5.74) is -4.15. The fourth-order valence-electron chi connectivity index (χ4n) is 3.28. The molecule has 1 heterocycles. The summed E-state index contributed by atoms with van der Waals surface area (Å²) in [4.78, 5) is 24.7. The molecule has 1 aromatic heterocycles. The molecule has 0 spiro atoms. The molecular weight excluding hydrogens is 490 g/mol. The third kappa shape index (κ3) is 5.30. The van der Waals surface area contributed by atoms with E-state index in [1.54, 1.807) is 0 Å². The number of alkyl halides is 4. The first kappa shape index (κ1) is 25.4. The van der Waals surface area contributed by atoms with Crippen LogP contribution in [0.2, 0.25) is 5.02 Å². The second kappa shape index (κ2) is 9.57. The van der Waals surface area contributed by atoms with Crippen molar-refractivity contribution < 1.29 is 31.4 Å². The number of rotatable bonds is 8. The van der Waals surface area contributed by atoms with E-state index in [2.05, 4.69) is 0 Å². The van der Waals surface area contributed by atoms with Crippen LogP contribution in [0, 0.1) is 11.6 Å². The fraction of sp³-hybridized carbons (Fsp3) is 0.273. The van der Waals surface area contributed by atoms with E-state index < -0.39 is 77.7 Å². The normalized spacial score (nSPS) is 12.2. The molecule has 2 aromatic carbocycles. The molecule has 12 heteroatoms. The summed E-state index contributed by atoms with van der Waals surface area (Å²) in [7, 11) is 0. The number of aromatic hydroxyl groups is 1. The van der Waals surface area contributed by atoms with E-state index >= 15 is 0 Å². The van der Waals surface area contributed by atoms with E-state index in [9.17, 15) is 41.0 Å². The lowest BCUT2D eigenvalue weighted by atomic mass is 10.0. The van der Waals surface area contributed by atoms with Crippen molar-refractivity contribution in [3.05, 3.63) is 97.2 Å². The van der Waals surface area contributed by atoms with Gasteiger partial charge in [0.2, 0.25) is 5.88 Å². The summed E-state index contributed by atoms with van der Waals surface area (Å²) in [6.45, 7) is -1.70. The molecule has 5 nitrogen and oxygen atoms in total. The van der Waals surface area contributed by atoms with Gasteiger partial charge in [-0.05, 0) is 24.3 Å². The van der Waals surface area contributed by atoms with E-state index in [1.165, 1.54) is 12.1 Å². The Morgan fingerprint density at radius 3 is 2.09 bits per heavy atom. The van der Waals surface area contributed by atoms with Gasteiger partial charge >= 0.3 is 5.69 Å². The van der Waals surface area contributed by atoms with Crippen LogP contribution in [0.4, 0.5) is 26.3 Å². The van der Waals surface area contributed by atoms with Crippen molar-refractivity contribution in [2.75, 3.05) is 0 Å². The maximum atomic E-state index is 14.5. The highest BCUT2D eigenvalue weighted by Gasteiger charge is 2.36. The van der Waals surface area contributed by atoms with Gasteiger partial charge in [0, 0.05) is 36.5 Å². The van der Waals surface area contributed by atoms with E-state index in [1.807, 2.05) is 0 Å². The summed E-state index contributed by atoms with van der Waals surface area (Å²) >= 11 is 5.68. The number of halogens is 7. The van der Waals surface area contributed by atoms with Gasteiger partial charge in [-0.2, -0.15) is 0 Å². The van der Waals surface area contributed by atoms with Crippen LogP contribution in [0.5, 0.6) is 5.88 Å². The first-order valence-electron chi connectivity index (χ1n) is 9.83. The zero-order valence-electron chi connectivity index (χ0n) is 17.3. The first-order chi connectivity index (χ1) is 15.8. The van der Waals surface area contributed by atoms with Crippen molar-refractivity contribution in [2.45, 2.75) is 37.8 Å². The zero-order valence-corrected chi connectivity index (χ0v) is 18.0. The third-order valence-electron chi connectivity index (χ3n) is 5.17. The van der Waals surface area contributed by atoms with E-state index in [0.29, 0.717) is 27.3 Å². The lowest BCUT2D eigenvalue weighted by Gasteiger charge is -2.20. The molecule has 0 atom stereocenters. The van der Waals surface area contributed by atoms with Gasteiger partial charge < -0.3 is 5.11 Å². The van der Waals surface area contributed by atoms with E-state index in [-0.39, 0.29) is 5.02 Å². The minimum Gasteiger partial charge on any atom is -0.494 e. The van der Waals surface area contributed by atoms with Gasteiger partial charge in [-0.3, -0.25) is 13.9 Å². The van der Waals surface area contributed by atoms with Crippen LogP contribution < -0.4 is 11.2 Å². The summed E-state index contributed by atoms with van der Waals surface area (Å²) in [5.74, 6) is -11.6. The highest BCUT2D eigenvalue weighted by Crippen LogP contribution is 2.35. The Kier molecular flexibility index (Phi) is 7.15. The zero-order chi connectivity index (χ0) is 25.3. The minimum absolute atomic E-state index is 0.232. The van der Waals surface area contributed by atoms with Gasteiger partial charge in [-0.1, -0.05) is 29.8 Å². The highest BCUT2D eigenvalue weighted by atomic mass is 35.5. The molecule has 3 aromatic rings. The van der Waals surface area contributed by atoms with Crippen molar-refractivity contribution in [1.82, 2.24) is 9.13 Å². The van der Waals surface area contributed by atoms with Crippen molar-refractivity contribution in [3.8, 4) is 5.88 Å². The monoisotopic (exact) mass is 506 g/mol. The summed E-state index contributed by atoms with van der Waals surface area (Å²) in [6.07, 6.45) is -2.24. The van der Waals surface area contributed by atoms with Crippen LogP contribution in [-0.2, 0) is 24.9 Å². The molecule has 34 heavy (non-hydrogen) atoms. The molecule has 0 saturated carbocycles. The summed E-state index contributed by atoms with van der Waals surface area (Å²) in [6, 6.07) is 7.36. The molecule has 0 amide bonds. The topological polar surface area (TPSA) is 64.2 Å². The molecule has 0 aliphatic carbocycles. The smallest absolute Gasteiger partial charge is 0.333 e. The van der Waals surface area contributed by atoms with Crippen LogP contribution in [0.1, 0.15) is 24.0 Å². The van der Waals surface area contributed by atoms with Crippen LogP contribution in [0.15, 0.2) is 58.1 Å². The van der Waals surface area contributed by atoms with Gasteiger partial charge in [-0.25, -0.2) is 31.1 Å².